The van der Waals surface area contributed by atoms with E-state index in [9.17, 15) is 9.90 Å². The fraction of sp³-hybridized carbons (Fsp3) is 0.583. The van der Waals surface area contributed by atoms with Crippen LogP contribution in [0.1, 0.15) is 84.0 Å². The van der Waals surface area contributed by atoms with E-state index in [2.05, 4.69) is 11.9 Å². The Balaban J connectivity index is 1.53. The van der Waals surface area contributed by atoms with Gasteiger partial charge in [0.1, 0.15) is 0 Å². The van der Waals surface area contributed by atoms with Gasteiger partial charge in [0.2, 0.25) is 0 Å². The number of benzene rings is 1. The maximum atomic E-state index is 12.2. The molecule has 0 saturated heterocycles. The number of aromatic nitrogens is 2. The van der Waals surface area contributed by atoms with E-state index in [4.69, 9.17) is 4.74 Å². The molecular weight excluding hydrogens is 364 g/mol. The number of unbranched alkanes of at least 4 members (excludes halogenated alkanes) is 11. The lowest BCUT2D eigenvalue weighted by molar-refractivity contribution is 0.142. The van der Waals surface area contributed by atoms with Gasteiger partial charge in [-0.05, 0) is 6.42 Å². The third-order valence-electron chi connectivity index (χ3n) is 5.18. The highest BCUT2D eigenvalue weighted by atomic mass is 16.6. The zero-order chi connectivity index (χ0) is 20.7. The molecule has 160 valence electrons. The van der Waals surface area contributed by atoms with Crippen molar-refractivity contribution in [3.05, 3.63) is 36.5 Å². The molecule has 0 fully saturated rings. The Morgan fingerprint density at radius 2 is 1.45 bits per heavy atom. The Kier molecular flexibility index (Phi) is 10.9. The molecule has 1 heterocycles. The van der Waals surface area contributed by atoms with Gasteiger partial charge >= 0.3 is 12.1 Å². The molecule has 0 radical (unpaired) electrons. The van der Waals surface area contributed by atoms with Crippen molar-refractivity contribution in [1.29, 1.82) is 0 Å². The molecule has 5 heteroatoms. The number of carbonyl (C=O) groups is 1. The fourth-order valence-corrected chi connectivity index (χ4v) is 3.42. The Morgan fingerprint density at radius 1 is 0.897 bits per heavy atom. The minimum Gasteiger partial charge on any atom is -0.480 e. The standard InChI is InChI=1S/C24H36N2O3/c1-2-3-4-5-6-7-8-9-10-11-12-16-19-29-24(28)26-20-22(25-23(26)27)21-17-14-13-15-18-21/h13-15,17-18,20H,2-12,16,19H2,1H3,(H,25,27). The summed E-state index contributed by atoms with van der Waals surface area (Å²) < 4.78 is 6.33. The highest BCUT2D eigenvalue weighted by Gasteiger charge is 2.15. The Hall–Kier alpha value is -2.30. The number of hydrogen-bond donors (Lipinski definition) is 1. The Bertz CT molecular complexity index is 697. The van der Waals surface area contributed by atoms with Gasteiger partial charge in [-0.25, -0.2) is 9.36 Å². The van der Waals surface area contributed by atoms with Crippen LogP contribution in [-0.2, 0) is 4.74 Å². The molecule has 0 aliphatic carbocycles. The van der Waals surface area contributed by atoms with Gasteiger partial charge in [-0.1, -0.05) is 108 Å². The maximum Gasteiger partial charge on any atom is 0.422 e. The molecule has 29 heavy (non-hydrogen) atoms. The van der Waals surface area contributed by atoms with Gasteiger partial charge in [-0.15, -0.1) is 0 Å². The predicted molar refractivity (Wildman–Crippen MR) is 117 cm³/mol. The predicted octanol–water partition coefficient (Wildman–Crippen LogP) is 6.94. The van der Waals surface area contributed by atoms with Gasteiger partial charge in [0.25, 0.3) is 0 Å². The summed E-state index contributed by atoms with van der Waals surface area (Å²) in [5.74, 6) is 0. The third kappa shape index (κ3) is 8.71. The fourth-order valence-electron chi connectivity index (χ4n) is 3.42. The molecular formula is C24H36N2O3. The van der Waals surface area contributed by atoms with E-state index >= 15 is 0 Å². The van der Waals surface area contributed by atoms with Crippen molar-refractivity contribution in [2.45, 2.75) is 84.0 Å². The summed E-state index contributed by atoms with van der Waals surface area (Å²) in [5.41, 5.74) is 1.39. The van der Waals surface area contributed by atoms with Crippen molar-refractivity contribution in [2.24, 2.45) is 0 Å². The zero-order valence-electron chi connectivity index (χ0n) is 17.8. The molecule has 0 atom stereocenters. The van der Waals surface area contributed by atoms with Crippen LogP contribution in [0.25, 0.3) is 11.3 Å². The molecule has 0 aliphatic rings. The molecule has 0 unspecified atom stereocenters. The molecule has 2 aromatic rings. The van der Waals surface area contributed by atoms with Crippen LogP contribution >= 0.6 is 0 Å². The van der Waals surface area contributed by atoms with Gasteiger partial charge in [0, 0.05) is 11.8 Å². The van der Waals surface area contributed by atoms with Gasteiger partial charge in [-0.2, -0.15) is 4.98 Å². The lowest BCUT2D eigenvalue weighted by Gasteiger charge is -2.05. The maximum absolute atomic E-state index is 12.2. The first kappa shape index (κ1) is 23.0. The van der Waals surface area contributed by atoms with E-state index in [0.29, 0.717) is 12.3 Å². The topological polar surface area (TPSA) is 64.4 Å². The number of hydrogen-bond acceptors (Lipinski definition) is 4. The van der Waals surface area contributed by atoms with E-state index in [1.807, 2.05) is 30.3 Å². The average molecular weight is 401 g/mol. The molecule has 2 rings (SSSR count). The largest absolute Gasteiger partial charge is 0.480 e. The average Bonchev–Trinajstić information content (AvgIpc) is 3.14. The van der Waals surface area contributed by atoms with Crippen LogP contribution in [-0.4, -0.2) is 27.4 Å². The molecule has 1 aromatic carbocycles. The summed E-state index contributed by atoms with van der Waals surface area (Å²) >= 11 is 0. The van der Waals surface area contributed by atoms with E-state index in [1.54, 1.807) is 0 Å². The molecule has 0 bridgehead atoms. The van der Waals surface area contributed by atoms with E-state index in [-0.39, 0.29) is 6.01 Å². The summed E-state index contributed by atoms with van der Waals surface area (Å²) in [6, 6.07) is 9.09. The van der Waals surface area contributed by atoms with Gasteiger partial charge in [-0.3, -0.25) is 0 Å². The smallest absolute Gasteiger partial charge is 0.422 e. The minimum atomic E-state index is -0.583. The zero-order valence-corrected chi connectivity index (χ0v) is 17.8. The van der Waals surface area contributed by atoms with Crippen LogP contribution in [0.3, 0.4) is 0 Å². The van der Waals surface area contributed by atoms with Crippen molar-refractivity contribution in [2.75, 3.05) is 6.61 Å². The second-order valence-corrected chi connectivity index (χ2v) is 7.67. The monoisotopic (exact) mass is 400 g/mol. The molecule has 0 saturated carbocycles. The van der Waals surface area contributed by atoms with Crippen molar-refractivity contribution < 1.29 is 14.6 Å². The highest BCUT2D eigenvalue weighted by molar-refractivity contribution is 5.74. The van der Waals surface area contributed by atoms with Gasteiger partial charge in [0.15, 0.2) is 0 Å². The van der Waals surface area contributed by atoms with Crippen LogP contribution in [0.5, 0.6) is 6.01 Å². The van der Waals surface area contributed by atoms with Crippen molar-refractivity contribution in [3.8, 4) is 17.3 Å². The number of nitrogens with zero attached hydrogens (tertiary/aromatic N) is 2. The van der Waals surface area contributed by atoms with Crippen LogP contribution in [0.15, 0.2) is 36.5 Å². The molecule has 5 nitrogen and oxygen atoms in total. The van der Waals surface area contributed by atoms with Crippen molar-refractivity contribution >= 4 is 6.09 Å². The quantitative estimate of drug-likeness (QED) is 0.349. The molecule has 1 aromatic heterocycles. The summed E-state index contributed by atoms with van der Waals surface area (Å²) in [4.78, 5) is 16.2. The SMILES string of the molecule is CCCCCCCCCCCCCCOC(=O)n1cc(-c2ccccc2)nc1O. The van der Waals surface area contributed by atoms with Crippen molar-refractivity contribution in [1.82, 2.24) is 9.55 Å². The summed E-state index contributed by atoms with van der Waals surface area (Å²) in [5, 5.41) is 9.92. The third-order valence-corrected chi connectivity index (χ3v) is 5.18. The highest BCUT2D eigenvalue weighted by Crippen LogP contribution is 2.21. The molecule has 0 spiro atoms. The lowest BCUT2D eigenvalue weighted by atomic mass is 10.1. The molecule has 0 amide bonds. The summed E-state index contributed by atoms with van der Waals surface area (Å²) in [6.45, 7) is 2.62. The lowest BCUT2D eigenvalue weighted by Crippen LogP contribution is -2.13. The number of ether oxygens (including phenoxy) is 1. The summed E-state index contributed by atoms with van der Waals surface area (Å²) in [7, 11) is 0. The van der Waals surface area contributed by atoms with E-state index in [1.165, 1.54) is 70.4 Å². The van der Waals surface area contributed by atoms with Crippen LogP contribution in [0.2, 0.25) is 0 Å². The van der Waals surface area contributed by atoms with Gasteiger partial charge < -0.3 is 9.84 Å². The number of imidazole rings is 1. The number of rotatable bonds is 14. The second kappa shape index (κ2) is 13.8. The first-order chi connectivity index (χ1) is 14.2. The first-order valence-corrected chi connectivity index (χ1v) is 11.2. The van der Waals surface area contributed by atoms with Crippen LogP contribution < -0.4 is 0 Å². The normalized spacial score (nSPS) is 10.9. The Labute approximate surface area is 175 Å². The summed E-state index contributed by atoms with van der Waals surface area (Å²) in [6.07, 6.45) is 16.1. The minimum absolute atomic E-state index is 0.344. The van der Waals surface area contributed by atoms with Crippen molar-refractivity contribution in [3.63, 3.8) is 0 Å². The number of carbonyl (C=O) groups excluding carboxylic acids is 1. The number of aromatic hydroxyl groups is 1. The molecule has 0 aliphatic heterocycles. The van der Waals surface area contributed by atoms with Crippen LogP contribution in [0, 0.1) is 0 Å². The van der Waals surface area contributed by atoms with Crippen LogP contribution in [0.4, 0.5) is 4.79 Å². The van der Waals surface area contributed by atoms with Gasteiger partial charge in [0.05, 0.1) is 12.3 Å². The molecule has 1 N–H and O–H groups in total. The van der Waals surface area contributed by atoms with E-state index in [0.717, 1.165) is 23.0 Å². The first-order valence-electron chi connectivity index (χ1n) is 11.2. The second-order valence-electron chi connectivity index (χ2n) is 7.67. The Morgan fingerprint density at radius 3 is 2.03 bits per heavy atom. The van der Waals surface area contributed by atoms with E-state index < -0.39 is 6.09 Å².